The third-order valence-corrected chi connectivity index (χ3v) is 6.45. The van der Waals surface area contributed by atoms with Crippen LogP contribution in [-0.2, 0) is 14.4 Å². The maximum absolute atomic E-state index is 12.4. The minimum atomic E-state index is -0.857. The molecule has 4 aliphatic carbocycles. The molecule has 2 N–H and O–H groups in total. The van der Waals surface area contributed by atoms with E-state index in [0.717, 1.165) is 17.8 Å². The van der Waals surface area contributed by atoms with Crippen LogP contribution >= 0.6 is 0 Å². The van der Waals surface area contributed by atoms with Gasteiger partial charge in [0.05, 0.1) is 6.54 Å². The van der Waals surface area contributed by atoms with Crippen LogP contribution in [0.2, 0.25) is 0 Å². The van der Waals surface area contributed by atoms with Crippen LogP contribution in [0.4, 0.5) is 0 Å². The molecule has 2 amide bonds. The van der Waals surface area contributed by atoms with Crippen molar-refractivity contribution in [2.75, 3.05) is 20.1 Å². The summed E-state index contributed by atoms with van der Waals surface area (Å²) in [5.74, 6) is 1.44. The van der Waals surface area contributed by atoms with Gasteiger partial charge in [-0.3, -0.25) is 14.4 Å². The van der Waals surface area contributed by atoms with E-state index in [2.05, 4.69) is 5.32 Å². The molecule has 4 bridgehead atoms. The number of likely N-dealkylation sites (N-methyl/N-ethyl adjacent to an activating group) is 1. The van der Waals surface area contributed by atoms with E-state index in [1.807, 2.05) is 0 Å². The molecule has 0 aromatic rings. The zero-order valence-electron chi connectivity index (χ0n) is 15.1. The first-order valence-electron chi connectivity index (χ1n) is 9.58. The second-order valence-corrected chi connectivity index (χ2v) is 8.68. The van der Waals surface area contributed by atoms with Gasteiger partial charge in [0.15, 0.2) is 0 Å². The summed E-state index contributed by atoms with van der Waals surface area (Å²) in [6.45, 7) is 0.407. The van der Waals surface area contributed by atoms with Crippen molar-refractivity contribution in [3.8, 4) is 0 Å². The Labute approximate surface area is 149 Å². The van der Waals surface area contributed by atoms with Crippen LogP contribution in [-0.4, -0.2) is 47.9 Å². The highest BCUT2D eigenvalue weighted by molar-refractivity contribution is 5.84. The number of carboxylic acid groups (broad SMARTS) is 1. The van der Waals surface area contributed by atoms with Crippen molar-refractivity contribution in [3.05, 3.63) is 0 Å². The Morgan fingerprint density at radius 1 is 1.08 bits per heavy atom. The molecule has 6 heteroatoms. The first kappa shape index (κ1) is 18.2. The van der Waals surface area contributed by atoms with Gasteiger partial charge >= 0.3 is 5.97 Å². The molecule has 0 aliphatic heterocycles. The van der Waals surface area contributed by atoms with Crippen molar-refractivity contribution >= 4 is 17.8 Å². The summed E-state index contributed by atoms with van der Waals surface area (Å²) in [5.41, 5.74) is 0.190. The van der Waals surface area contributed by atoms with Crippen molar-refractivity contribution in [1.29, 1.82) is 0 Å². The molecule has 0 spiro atoms. The Morgan fingerprint density at radius 3 is 2.16 bits per heavy atom. The van der Waals surface area contributed by atoms with Crippen molar-refractivity contribution in [3.63, 3.8) is 0 Å². The van der Waals surface area contributed by atoms with E-state index in [9.17, 15) is 14.4 Å². The van der Waals surface area contributed by atoms with Gasteiger partial charge in [-0.15, -0.1) is 0 Å². The van der Waals surface area contributed by atoms with Crippen molar-refractivity contribution in [2.45, 2.75) is 57.8 Å². The molecule has 0 unspecified atom stereocenters. The highest BCUT2D eigenvalue weighted by Crippen LogP contribution is 2.61. The maximum Gasteiger partial charge on any atom is 0.303 e. The summed E-state index contributed by atoms with van der Waals surface area (Å²) in [4.78, 5) is 36.5. The number of rotatable bonds is 8. The first-order chi connectivity index (χ1) is 11.8. The van der Waals surface area contributed by atoms with Crippen molar-refractivity contribution in [2.24, 2.45) is 23.2 Å². The molecule has 0 atom stereocenters. The first-order valence-corrected chi connectivity index (χ1v) is 9.58. The molecule has 6 nitrogen and oxygen atoms in total. The number of hydrogen-bond acceptors (Lipinski definition) is 3. The summed E-state index contributed by atoms with van der Waals surface area (Å²) in [6.07, 6.45) is 8.70. The molecule has 4 aliphatic rings. The zero-order valence-corrected chi connectivity index (χ0v) is 15.1. The fourth-order valence-electron chi connectivity index (χ4n) is 5.81. The van der Waals surface area contributed by atoms with Gasteiger partial charge in [0.2, 0.25) is 11.8 Å². The lowest BCUT2D eigenvalue weighted by Crippen LogP contribution is -2.48. The minimum absolute atomic E-state index is 0.00534. The smallest absolute Gasteiger partial charge is 0.303 e. The average molecular weight is 350 g/mol. The Morgan fingerprint density at radius 2 is 1.64 bits per heavy atom. The predicted octanol–water partition coefficient (Wildman–Crippen LogP) is 2.03. The lowest BCUT2D eigenvalue weighted by Gasteiger charge is -2.56. The van der Waals surface area contributed by atoms with Crippen LogP contribution in [0.5, 0.6) is 0 Å². The van der Waals surface area contributed by atoms with E-state index in [1.54, 1.807) is 7.05 Å². The summed E-state index contributed by atoms with van der Waals surface area (Å²) in [7, 11) is 1.65. The normalized spacial score (nSPS) is 32.4. The number of carbonyl (C=O) groups excluding carboxylic acids is 2. The van der Waals surface area contributed by atoms with E-state index in [0.29, 0.717) is 19.4 Å². The summed E-state index contributed by atoms with van der Waals surface area (Å²) < 4.78 is 0. The van der Waals surface area contributed by atoms with E-state index in [1.165, 1.54) is 43.4 Å². The van der Waals surface area contributed by atoms with Crippen LogP contribution in [0.3, 0.4) is 0 Å². The molecule has 0 radical (unpaired) electrons. The fourth-order valence-corrected chi connectivity index (χ4v) is 5.81. The van der Waals surface area contributed by atoms with Gasteiger partial charge in [-0.1, -0.05) is 0 Å². The Balaban J connectivity index is 1.41. The molecule has 25 heavy (non-hydrogen) atoms. The van der Waals surface area contributed by atoms with Crippen LogP contribution in [0.1, 0.15) is 57.8 Å². The maximum atomic E-state index is 12.4. The van der Waals surface area contributed by atoms with Gasteiger partial charge in [0.25, 0.3) is 0 Å². The minimum Gasteiger partial charge on any atom is -0.481 e. The number of hydrogen-bond donors (Lipinski definition) is 2. The Kier molecular flexibility index (Phi) is 5.35. The zero-order chi connectivity index (χ0) is 18.0. The van der Waals surface area contributed by atoms with Gasteiger partial charge in [-0.05, 0) is 68.1 Å². The molecule has 4 saturated carbocycles. The molecule has 0 aromatic heterocycles. The van der Waals surface area contributed by atoms with E-state index in [-0.39, 0.29) is 30.2 Å². The van der Waals surface area contributed by atoms with Crippen LogP contribution in [0, 0.1) is 23.2 Å². The number of nitrogens with zero attached hydrogens (tertiary/aromatic N) is 1. The lowest BCUT2D eigenvalue weighted by molar-refractivity contribution is -0.138. The molecule has 140 valence electrons. The monoisotopic (exact) mass is 350 g/mol. The van der Waals surface area contributed by atoms with Crippen LogP contribution in [0.15, 0.2) is 0 Å². The molecule has 0 heterocycles. The Hall–Kier alpha value is -1.59. The number of aliphatic carboxylic acids is 1. The number of carboxylic acids is 1. The number of carbonyl (C=O) groups is 3. The third-order valence-electron chi connectivity index (χ3n) is 6.45. The second-order valence-electron chi connectivity index (χ2n) is 8.68. The summed E-state index contributed by atoms with van der Waals surface area (Å²) in [6, 6.07) is 0. The predicted molar refractivity (Wildman–Crippen MR) is 92.7 cm³/mol. The molecule has 0 saturated heterocycles. The molecule has 4 fully saturated rings. The van der Waals surface area contributed by atoms with Crippen molar-refractivity contribution in [1.82, 2.24) is 10.2 Å². The van der Waals surface area contributed by atoms with Gasteiger partial charge in [-0.2, -0.15) is 0 Å². The van der Waals surface area contributed by atoms with Gasteiger partial charge in [-0.25, -0.2) is 0 Å². The van der Waals surface area contributed by atoms with Crippen molar-refractivity contribution < 1.29 is 19.5 Å². The van der Waals surface area contributed by atoms with E-state index < -0.39 is 5.97 Å². The third kappa shape index (κ3) is 4.53. The lowest BCUT2D eigenvalue weighted by atomic mass is 9.49. The summed E-state index contributed by atoms with van der Waals surface area (Å²) >= 11 is 0. The average Bonchev–Trinajstić information content (AvgIpc) is 2.50. The fraction of sp³-hybridized carbons (Fsp3) is 0.842. The van der Waals surface area contributed by atoms with Gasteiger partial charge < -0.3 is 15.3 Å². The molecule has 4 rings (SSSR count). The molecular formula is C19H30N2O4. The quantitative estimate of drug-likeness (QED) is 0.701. The van der Waals surface area contributed by atoms with E-state index >= 15 is 0 Å². The highest BCUT2D eigenvalue weighted by atomic mass is 16.4. The topological polar surface area (TPSA) is 86.7 Å². The van der Waals surface area contributed by atoms with Gasteiger partial charge in [0.1, 0.15) is 0 Å². The number of amides is 2. The Bertz CT molecular complexity index is 510. The highest BCUT2D eigenvalue weighted by Gasteiger charge is 2.51. The SMILES string of the molecule is CN(CCCC(=O)O)C(=O)CNC(=O)CC12CC3CC(CC(C3)C1)C2. The molecule has 0 aromatic carbocycles. The van der Waals surface area contributed by atoms with Gasteiger partial charge in [0, 0.05) is 26.4 Å². The van der Waals surface area contributed by atoms with Crippen LogP contribution < -0.4 is 5.32 Å². The standard InChI is InChI=1S/C19H30N2O4/c1-21(4-2-3-18(24)25)17(23)12-20-16(22)11-19-8-13-5-14(9-19)7-15(6-13)10-19/h13-15H,2-12H2,1H3,(H,20,22)(H,24,25). The summed E-state index contributed by atoms with van der Waals surface area (Å²) in [5, 5.41) is 11.4. The van der Waals surface area contributed by atoms with E-state index in [4.69, 9.17) is 5.11 Å². The van der Waals surface area contributed by atoms with Crippen LogP contribution in [0.25, 0.3) is 0 Å². The largest absolute Gasteiger partial charge is 0.481 e. The molecular weight excluding hydrogens is 320 g/mol. The number of nitrogens with one attached hydrogen (secondary N) is 1. The second kappa shape index (κ2) is 7.34.